The summed E-state index contributed by atoms with van der Waals surface area (Å²) < 4.78 is 3.51. The van der Waals surface area contributed by atoms with E-state index in [0.717, 1.165) is 68.9 Å². The highest BCUT2D eigenvalue weighted by Gasteiger charge is 2.13. The Kier molecular flexibility index (Phi) is 10.2. The number of likely N-dealkylation sites (N-methyl/N-ethyl adjacent to an activating group) is 1. The van der Waals surface area contributed by atoms with Crippen molar-refractivity contribution in [2.75, 3.05) is 68.8 Å². The van der Waals surface area contributed by atoms with Gasteiger partial charge in [-0.15, -0.1) is 11.3 Å². The standard InChI is InChI=1S/C32H40N6OS2/c1-36(2)29-14-8-13-27-26(29)12-9-15-30(27)41-35-25-11-7-10-24(22-25)28-23-40-32(33-28)34-31(39)16-5-4-6-17-38-20-18-37(3)19-21-38/h7-15,22-23,35H,4-6,16-21H2,1-3H3,(H,33,34,39). The van der Waals surface area contributed by atoms with Crippen molar-refractivity contribution in [2.45, 2.75) is 30.6 Å². The van der Waals surface area contributed by atoms with Gasteiger partial charge in [0.2, 0.25) is 5.91 Å². The summed E-state index contributed by atoms with van der Waals surface area (Å²) in [5.41, 5.74) is 4.10. The highest BCUT2D eigenvalue weighted by molar-refractivity contribution is 8.00. The van der Waals surface area contributed by atoms with Gasteiger partial charge in [0.15, 0.2) is 5.13 Å². The molecule has 0 aliphatic carbocycles. The first-order valence-corrected chi connectivity index (χ1v) is 16.0. The molecule has 41 heavy (non-hydrogen) atoms. The van der Waals surface area contributed by atoms with Crippen LogP contribution in [-0.2, 0) is 4.79 Å². The van der Waals surface area contributed by atoms with Gasteiger partial charge in [0.1, 0.15) is 0 Å². The zero-order valence-corrected chi connectivity index (χ0v) is 25.9. The normalized spacial score (nSPS) is 14.3. The number of rotatable bonds is 12. The molecule has 0 atom stereocenters. The van der Waals surface area contributed by atoms with Crippen molar-refractivity contribution in [3.8, 4) is 11.3 Å². The van der Waals surface area contributed by atoms with Crippen LogP contribution in [0, 0.1) is 0 Å². The van der Waals surface area contributed by atoms with Gasteiger partial charge in [-0.05, 0) is 68.0 Å². The maximum Gasteiger partial charge on any atom is 0.226 e. The Balaban J connectivity index is 1.11. The SMILES string of the molecule is CN1CCN(CCCCCC(=O)Nc2nc(-c3cccc(NSc4cccc5c(N(C)C)cccc45)c3)cs2)CC1. The largest absolute Gasteiger partial charge is 0.377 e. The van der Waals surface area contributed by atoms with Gasteiger partial charge in [-0.25, -0.2) is 4.98 Å². The molecule has 9 heteroatoms. The molecule has 4 aromatic rings. The molecule has 1 fully saturated rings. The average molecular weight is 589 g/mol. The summed E-state index contributed by atoms with van der Waals surface area (Å²) >= 11 is 3.09. The number of piperazine rings is 1. The quantitative estimate of drug-likeness (QED) is 0.138. The Morgan fingerprint density at radius 1 is 0.976 bits per heavy atom. The van der Waals surface area contributed by atoms with Crippen molar-refractivity contribution in [2.24, 2.45) is 0 Å². The summed E-state index contributed by atoms with van der Waals surface area (Å²) in [6.07, 6.45) is 3.68. The summed E-state index contributed by atoms with van der Waals surface area (Å²) in [6, 6.07) is 21.1. The van der Waals surface area contributed by atoms with Crippen LogP contribution in [0.5, 0.6) is 0 Å². The van der Waals surface area contributed by atoms with E-state index in [1.807, 2.05) is 11.4 Å². The van der Waals surface area contributed by atoms with Crippen molar-refractivity contribution < 1.29 is 4.79 Å². The van der Waals surface area contributed by atoms with Crippen LogP contribution in [-0.4, -0.2) is 74.6 Å². The van der Waals surface area contributed by atoms with E-state index in [-0.39, 0.29) is 5.91 Å². The van der Waals surface area contributed by atoms with Crippen LogP contribution in [0.25, 0.3) is 22.0 Å². The fraction of sp³-hybridized carbons (Fsp3) is 0.375. The van der Waals surface area contributed by atoms with Crippen LogP contribution < -0.4 is 14.9 Å². The maximum absolute atomic E-state index is 12.5. The maximum atomic E-state index is 12.5. The second-order valence-corrected chi connectivity index (χ2v) is 12.6. The summed E-state index contributed by atoms with van der Waals surface area (Å²) in [7, 11) is 6.33. The van der Waals surface area contributed by atoms with Crippen LogP contribution in [0.3, 0.4) is 0 Å². The van der Waals surface area contributed by atoms with Gasteiger partial charge in [-0.3, -0.25) is 4.79 Å². The number of carbonyl (C=O) groups excluding carboxylic acids is 1. The third-order valence-corrected chi connectivity index (χ3v) is 9.17. The first-order chi connectivity index (χ1) is 20.0. The van der Waals surface area contributed by atoms with Crippen molar-refractivity contribution in [1.29, 1.82) is 0 Å². The van der Waals surface area contributed by atoms with E-state index < -0.39 is 0 Å². The Labute approximate surface area is 252 Å². The third-order valence-electron chi connectivity index (χ3n) is 7.50. The number of nitrogens with zero attached hydrogens (tertiary/aromatic N) is 4. The lowest BCUT2D eigenvalue weighted by molar-refractivity contribution is -0.116. The number of hydrogen-bond donors (Lipinski definition) is 2. The molecule has 1 aromatic heterocycles. The third kappa shape index (κ3) is 8.01. The minimum atomic E-state index is 0.0461. The number of nitrogens with one attached hydrogen (secondary N) is 2. The zero-order chi connectivity index (χ0) is 28.6. The van der Waals surface area contributed by atoms with Crippen LogP contribution >= 0.6 is 23.3 Å². The highest BCUT2D eigenvalue weighted by atomic mass is 32.2. The molecular formula is C32H40N6OS2. The van der Waals surface area contributed by atoms with Gasteiger partial charge in [0.25, 0.3) is 0 Å². The molecule has 7 nitrogen and oxygen atoms in total. The minimum absolute atomic E-state index is 0.0461. The van der Waals surface area contributed by atoms with Crippen LogP contribution in [0.4, 0.5) is 16.5 Å². The van der Waals surface area contributed by atoms with Gasteiger partial charge >= 0.3 is 0 Å². The fourth-order valence-corrected chi connectivity index (χ4v) is 6.64. The lowest BCUT2D eigenvalue weighted by atomic mass is 10.1. The summed E-state index contributed by atoms with van der Waals surface area (Å²) in [5.74, 6) is 0.0461. The van der Waals surface area contributed by atoms with Crippen molar-refractivity contribution in [3.63, 3.8) is 0 Å². The van der Waals surface area contributed by atoms with Crippen LogP contribution in [0.1, 0.15) is 25.7 Å². The minimum Gasteiger partial charge on any atom is -0.377 e. The zero-order valence-electron chi connectivity index (χ0n) is 24.2. The lowest BCUT2D eigenvalue weighted by Gasteiger charge is -2.32. The molecular weight excluding hydrogens is 549 g/mol. The molecule has 1 saturated heterocycles. The molecule has 0 spiro atoms. The van der Waals surface area contributed by atoms with Gasteiger partial charge < -0.3 is 24.7 Å². The van der Waals surface area contributed by atoms with Gasteiger partial charge in [0.05, 0.1) is 5.69 Å². The van der Waals surface area contributed by atoms with Crippen molar-refractivity contribution in [1.82, 2.24) is 14.8 Å². The smallest absolute Gasteiger partial charge is 0.226 e. The molecule has 5 rings (SSSR count). The molecule has 0 radical (unpaired) electrons. The molecule has 3 aromatic carbocycles. The van der Waals surface area contributed by atoms with E-state index in [1.165, 1.54) is 32.7 Å². The Morgan fingerprint density at radius 3 is 2.59 bits per heavy atom. The van der Waals surface area contributed by atoms with E-state index >= 15 is 0 Å². The fourth-order valence-electron chi connectivity index (χ4n) is 5.11. The number of amides is 1. The first kappa shape index (κ1) is 29.4. The summed E-state index contributed by atoms with van der Waals surface area (Å²) in [4.78, 5) is 25.4. The molecule has 1 aliphatic rings. The van der Waals surface area contributed by atoms with Gasteiger partial charge in [0, 0.05) is 79.3 Å². The molecule has 1 amide bonds. The topological polar surface area (TPSA) is 63.7 Å². The van der Waals surface area contributed by atoms with Crippen LogP contribution in [0.2, 0.25) is 0 Å². The number of fused-ring (bicyclic) bond motifs is 1. The van der Waals surface area contributed by atoms with Crippen LogP contribution in [0.15, 0.2) is 70.9 Å². The van der Waals surface area contributed by atoms with E-state index in [9.17, 15) is 4.79 Å². The van der Waals surface area contributed by atoms with E-state index in [1.54, 1.807) is 11.9 Å². The average Bonchev–Trinajstić information content (AvgIpc) is 3.45. The van der Waals surface area contributed by atoms with Crippen molar-refractivity contribution in [3.05, 3.63) is 66.0 Å². The number of thiazole rings is 1. The number of hydrogen-bond acceptors (Lipinski definition) is 8. The molecule has 2 N–H and O–H groups in total. The Morgan fingerprint density at radius 2 is 1.76 bits per heavy atom. The number of anilines is 3. The molecule has 2 heterocycles. The lowest BCUT2D eigenvalue weighted by Crippen LogP contribution is -2.44. The predicted octanol–water partition coefficient (Wildman–Crippen LogP) is 6.89. The molecule has 0 saturated carbocycles. The number of benzene rings is 3. The molecule has 0 bridgehead atoms. The van der Waals surface area contributed by atoms with E-state index in [4.69, 9.17) is 4.98 Å². The monoisotopic (exact) mass is 588 g/mol. The Bertz CT molecular complexity index is 1450. The molecule has 1 aliphatic heterocycles. The molecule has 0 unspecified atom stereocenters. The van der Waals surface area contributed by atoms with Gasteiger partial charge in [-0.2, -0.15) is 0 Å². The molecule has 216 valence electrons. The Hall–Kier alpha value is -3.11. The number of carbonyl (C=O) groups is 1. The summed E-state index contributed by atoms with van der Waals surface area (Å²) in [5, 5.41) is 8.12. The van der Waals surface area contributed by atoms with Gasteiger partial charge in [-0.1, -0.05) is 42.8 Å². The highest BCUT2D eigenvalue weighted by Crippen LogP contribution is 2.34. The number of unbranched alkanes of at least 4 members (excludes halogenated alkanes) is 2. The van der Waals surface area contributed by atoms with Crippen molar-refractivity contribution >= 4 is 56.5 Å². The number of aromatic nitrogens is 1. The predicted molar refractivity (Wildman–Crippen MR) is 176 cm³/mol. The summed E-state index contributed by atoms with van der Waals surface area (Å²) in [6.45, 7) is 5.76. The van der Waals surface area contributed by atoms with E-state index in [0.29, 0.717) is 11.6 Å². The second-order valence-electron chi connectivity index (χ2n) is 10.8. The first-order valence-electron chi connectivity index (χ1n) is 14.3. The second kappa shape index (κ2) is 14.2. The van der Waals surface area contributed by atoms with E-state index in [2.05, 4.69) is 100 Å².